The average molecular weight is 343 g/mol. The molecule has 3 aromatic rings. The van der Waals surface area contributed by atoms with Crippen molar-refractivity contribution in [2.75, 3.05) is 31.2 Å². The second-order valence-corrected chi connectivity index (χ2v) is 6.84. The summed E-state index contributed by atoms with van der Waals surface area (Å²) in [5, 5.41) is 0. The molecule has 0 bridgehead atoms. The van der Waals surface area contributed by atoms with E-state index in [9.17, 15) is 0 Å². The summed E-state index contributed by atoms with van der Waals surface area (Å²) in [7, 11) is 0. The molecule has 2 heterocycles. The van der Waals surface area contributed by atoms with Gasteiger partial charge in [0.05, 0.1) is 19.3 Å². The van der Waals surface area contributed by atoms with Gasteiger partial charge in [-0.2, -0.15) is 0 Å². The maximum absolute atomic E-state index is 6.49. The van der Waals surface area contributed by atoms with Crippen LogP contribution in [0.5, 0.6) is 0 Å². The fraction of sp³-hybridized carbons (Fsp3) is 0.227. The zero-order valence-electron chi connectivity index (χ0n) is 14.6. The van der Waals surface area contributed by atoms with Crippen molar-refractivity contribution in [2.24, 2.45) is 5.73 Å². The van der Waals surface area contributed by atoms with Crippen LogP contribution in [-0.2, 0) is 4.74 Å². The predicted molar refractivity (Wildman–Crippen MR) is 104 cm³/mol. The van der Waals surface area contributed by atoms with Crippen molar-refractivity contribution in [2.45, 2.75) is 6.04 Å². The Morgan fingerprint density at radius 3 is 2.46 bits per heavy atom. The molecule has 0 spiro atoms. The number of fused-ring (bicyclic) bond motifs is 3. The number of nitrogens with zero attached hydrogens (tertiary/aromatic N) is 2. The molecular formula is C22H21N3O. The molecule has 1 atom stereocenters. The van der Waals surface area contributed by atoms with E-state index in [1.165, 1.54) is 27.8 Å². The second kappa shape index (κ2) is 6.24. The van der Waals surface area contributed by atoms with Crippen LogP contribution in [0, 0.1) is 0 Å². The molecule has 4 nitrogen and oxygen atoms in total. The first-order valence-corrected chi connectivity index (χ1v) is 9.10. The Bertz CT molecular complexity index is 946. The van der Waals surface area contributed by atoms with Gasteiger partial charge in [0.25, 0.3) is 0 Å². The summed E-state index contributed by atoms with van der Waals surface area (Å²) in [6.07, 6.45) is 1.98. The molecule has 2 aliphatic rings. The molecule has 2 aromatic carbocycles. The first-order valence-electron chi connectivity index (χ1n) is 9.10. The van der Waals surface area contributed by atoms with Gasteiger partial charge in [-0.05, 0) is 39.9 Å². The van der Waals surface area contributed by atoms with Crippen LogP contribution >= 0.6 is 0 Å². The minimum atomic E-state index is -0.0540. The molecule has 1 aromatic heterocycles. The Morgan fingerprint density at radius 1 is 0.885 bits per heavy atom. The molecule has 2 N–H and O–H groups in total. The lowest BCUT2D eigenvalue weighted by molar-refractivity contribution is 0.122. The van der Waals surface area contributed by atoms with Crippen molar-refractivity contribution >= 4 is 5.82 Å². The number of morpholine rings is 1. The molecule has 0 amide bonds. The van der Waals surface area contributed by atoms with Crippen LogP contribution in [0.15, 0.2) is 60.8 Å². The van der Waals surface area contributed by atoms with Crippen molar-refractivity contribution in [3.63, 3.8) is 0 Å². The number of benzene rings is 2. The maximum atomic E-state index is 6.49. The van der Waals surface area contributed by atoms with E-state index in [-0.39, 0.29) is 6.04 Å². The Balaban J connectivity index is 1.57. The van der Waals surface area contributed by atoms with E-state index < -0.39 is 0 Å². The smallest absolute Gasteiger partial charge is 0.128 e. The van der Waals surface area contributed by atoms with Crippen molar-refractivity contribution in [3.05, 3.63) is 71.9 Å². The normalized spacial score (nSPS) is 18.5. The monoisotopic (exact) mass is 343 g/mol. The summed E-state index contributed by atoms with van der Waals surface area (Å²) < 4.78 is 5.43. The molecule has 130 valence electrons. The number of hydrogen-bond donors (Lipinski definition) is 1. The van der Waals surface area contributed by atoms with Gasteiger partial charge in [0.1, 0.15) is 5.82 Å². The lowest BCUT2D eigenvalue weighted by Gasteiger charge is -2.27. The Kier molecular flexibility index (Phi) is 3.73. The average Bonchev–Trinajstić information content (AvgIpc) is 3.02. The highest BCUT2D eigenvalue weighted by molar-refractivity contribution is 5.91. The molecule has 26 heavy (non-hydrogen) atoms. The second-order valence-electron chi connectivity index (χ2n) is 6.84. The largest absolute Gasteiger partial charge is 0.378 e. The van der Waals surface area contributed by atoms with Gasteiger partial charge >= 0.3 is 0 Å². The highest BCUT2D eigenvalue weighted by Gasteiger charge is 2.27. The van der Waals surface area contributed by atoms with Crippen LogP contribution < -0.4 is 10.6 Å². The molecule has 5 rings (SSSR count). The zero-order valence-corrected chi connectivity index (χ0v) is 14.6. The lowest BCUT2D eigenvalue weighted by Crippen LogP contribution is -2.36. The van der Waals surface area contributed by atoms with Crippen LogP contribution in [0.2, 0.25) is 0 Å². The summed E-state index contributed by atoms with van der Waals surface area (Å²) >= 11 is 0. The van der Waals surface area contributed by atoms with Gasteiger partial charge < -0.3 is 15.4 Å². The van der Waals surface area contributed by atoms with E-state index in [1.54, 1.807) is 0 Å². The van der Waals surface area contributed by atoms with Gasteiger partial charge in [0, 0.05) is 24.8 Å². The summed E-state index contributed by atoms with van der Waals surface area (Å²) in [5.74, 6) is 1.02. The number of hydrogen-bond acceptors (Lipinski definition) is 4. The molecule has 0 radical (unpaired) electrons. The molecule has 1 fully saturated rings. The van der Waals surface area contributed by atoms with Crippen molar-refractivity contribution < 1.29 is 4.74 Å². The molecule has 0 saturated carbocycles. The SMILES string of the molecule is NC1c2ccccc2-c2c(-c3ccc(N4CCOCC4)nc3)cccc21. The van der Waals surface area contributed by atoms with Crippen molar-refractivity contribution in [3.8, 4) is 22.3 Å². The third kappa shape index (κ3) is 2.42. The molecule has 1 saturated heterocycles. The summed E-state index contributed by atoms with van der Waals surface area (Å²) in [6.45, 7) is 3.33. The van der Waals surface area contributed by atoms with Gasteiger partial charge in [-0.1, -0.05) is 42.5 Å². The van der Waals surface area contributed by atoms with Gasteiger partial charge in [-0.3, -0.25) is 0 Å². The van der Waals surface area contributed by atoms with Crippen LogP contribution in [-0.4, -0.2) is 31.3 Å². The van der Waals surface area contributed by atoms with Crippen molar-refractivity contribution in [1.29, 1.82) is 0 Å². The fourth-order valence-corrected chi connectivity index (χ4v) is 4.06. The van der Waals surface area contributed by atoms with Crippen LogP contribution in [0.1, 0.15) is 17.2 Å². The summed E-state index contributed by atoms with van der Waals surface area (Å²) in [5.41, 5.74) is 13.7. The highest BCUT2D eigenvalue weighted by Crippen LogP contribution is 2.46. The maximum Gasteiger partial charge on any atom is 0.128 e. The summed E-state index contributed by atoms with van der Waals surface area (Å²) in [4.78, 5) is 6.99. The van der Waals surface area contributed by atoms with Crippen LogP contribution in [0.3, 0.4) is 0 Å². The topological polar surface area (TPSA) is 51.4 Å². The third-order valence-corrected chi connectivity index (χ3v) is 5.39. The predicted octanol–water partition coefficient (Wildman–Crippen LogP) is 3.61. The minimum Gasteiger partial charge on any atom is -0.378 e. The third-order valence-electron chi connectivity index (χ3n) is 5.39. The Hall–Kier alpha value is -2.69. The van der Waals surface area contributed by atoms with E-state index in [1.807, 2.05) is 6.20 Å². The van der Waals surface area contributed by atoms with Gasteiger partial charge in [-0.25, -0.2) is 4.98 Å². The van der Waals surface area contributed by atoms with Crippen LogP contribution in [0.25, 0.3) is 22.3 Å². The van der Waals surface area contributed by atoms with E-state index in [2.05, 4.69) is 59.5 Å². The van der Waals surface area contributed by atoms with Crippen molar-refractivity contribution in [1.82, 2.24) is 4.98 Å². The van der Waals surface area contributed by atoms with Gasteiger partial charge in [0.2, 0.25) is 0 Å². The Labute approximate surface area is 153 Å². The molecule has 1 unspecified atom stereocenters. The van der Waals surface area contributed by atoms with Crippen LogP contribution in [0.4, 0.5) is 5.82 Å². The molecule has 1 aliphatic heterocycles. The van der Waals surface area contributed by atoms with Gasteiger partial charge in [-0.15, -0.1) is 0 Å². The zero-order chi connectivity index (χ0) is 17.5. The van der Waals surface area contributed by atoms with E-state index in [0.717, 1.165) is 37.7 Å². The fourth-order valence-electron chi connectivity index (χ4n) is 4.06. The molecular weight excluding hydrogens is 322 g/mol. The van der Waals surface area contributed by atoms with Gasteiger partial charge in [0.15, 0.2) is 0 Å². The first kappa shape index (κ1) is 15.6. The minimum absolute atomic E-state index is 0.0540. The number of pyridine rings is 1. The Morgan fingerprint density at radius 2 is 1.65 bits per heavy atom. The molecule has 1 aliphatic carbocycles. The van der Waals surface area contributed by atoms with E-state index >= 15 is 0 Å². The lowest BCUT2D eigenvalue weighted by atomic mass is 9.95. The number of aromatic nitrogens is 1. The number of ether oxygens (including phenoxy) is 1. The number of anilines is 1. The standard InChI is InChI=1S/C22H21N3O/c23-22-18-5-2-1-4-17(18)21-16(6-3-7-19(21)22)15-8-9-20(24-14-15)25-10-12-26-13-11-25/h1-9,14,22H,10-13,23H2. The highest BCUT2D eigenvalue weighted by atomic mass is 16.5. The van der Waals surface area contributed by atoms with E-state index in [4.69, 9.17) is 15.5 Å². The summed E-state index contributed by atoms with van der Waals surface area (Å²) in [6, 6.07) is 19.1. The number of nitrogens with two attached hydrogens (primary N) is 1. The number of rotatable bonds is 2. The first-order chi connectivity index (χ1) is 12.8. The molecule has 4 heteroatoms. The quantitative estimate of drug-likeness (QED) is 0.772. The van der Waals surface area contributed by atoms with E-state index in [0.29, 0.717) is 0 Å².